The Balaban J connectivity index is 2.03. The van der Waals surface area contributed by atoms with Gasteiger partial charge in [-0.2, -0.15) is 0 Å². The Bertz CT molecular complexity index is 568. The zero-order valence-electron chi connectivity index (χ0n) is 12.7. The molecule has 0 radical (unpaired) electrons. The number of carbonyl (C=O) groups excluding carboxylic acids is 1. The van der Waals surface area contributed by atoms with Gasteiger partial charge in [0.05, 0.1) is 0 Å². The van der Waals surface area contributed by atoms with E-state index >= 15 is 0 Å². The standard InChI is InChI=1S/C18H25NO/c1-3-5-6-7-8-12-17(20)16-13-19-18-14(4-2)10-9-11-15(16)18/h9-11,13,19H,3-8,12H2,1-2H3. The van der Waals surface area contributed by atoms with Crippen LogP contribution >= 0.6 is 0 Å². The number of rotatable bonds is 8. The van der Waals surface area contributed by atoms with E-state index in [9.17, 15) is 4.79 Å². The van der Waals surface area contributed by atoms with Crippen LogP contribution in [0.5, 0.6) is 0 Å². The number of nitrogens with one attached hydrogen (secondary N) is 1. The van der Waals surface area contributed by atoms with Gasteiger partial charge in [0.1, 0.15) is 0 Å². The number of para-hydroxylation sites is 1. The van der Waals surface area contributed by atoms with Gasteiger partial charge in [-0.05, 0) is 18.4 Å². The number of H-pyrrole nitrogens is 1. The number of aromatic nitrogens is 1. The molecule has 1 N–H and O–H groups in total. The molecule has 0 saturated heterocycles. The third-order valence-corrected chi connectivity index (χ3v) is 3.99. The molecule has 20 heavy (non-hydrogen) atoms. The molecule has 0 saturated carbocycles. The fourth-order valence-corrected chi connectivity index (χ4v) is 2.77. The van der Waals surface area contributed by atoms with Crippen LogP contribution in [0.4, 0.5) is 0 Å². The van der Waals surface area contributed by atoms with E-state index in [2.05, 4.69) is 31.0 Å². The Morgan fingerprint density at radius 3 is 2.65 bits per heavy atom. The SMILES string of the molecule is CCCCCCCC(=O)c1c[nH]c2c(CC)cccc12. The van der Waals surface area contributed by atoms with Gasteiger partial charge in [-0.1, -0.05) is 57.7 Å². The van der Waals surface area contributed by atoms with Crippen LogP contribution in [0.2, 0.25) is 0 Å². The molecule has 0 amide bonds. The van der Waals surface area contributed by atoms with E-state index in [0.29, 0.717) is 6.42 Å². The van der Waals surface area contributed by atoms with Crippen molar-refractivity contribution in [2.24, 2.45) is 0 Å². The molecule has 1 heterocycles. The molecule has 0 bridgehead atoms. The average Bonchev–Trinajstić information content (AvgIpc) is 2.90. The molecule has 0 aliphatic carbocycles. The van der Waals surface area contributed by atoms with Crippen LogP contribution in [-0.4, -0.2) is 10.8 Å². The zero-order chi connectivity index (χ0) is 14.4. The highest BCUT2D eigenvalue weighted by molar-refractivity contribution is 6.08. The van der Waals surface area contributed by atoms with Crippen molar-refractivity contribution in [3.8, 4) is 0 Å². The third kappa shape index (κ3) is 3.30. The van der Waals surface area contributed by atoms with E-state index in [1.807, 2.05) is 12.3 Å². The first-order chi connectivity index (χ1) is 9.77. The fourth-order valence-electron chi connectivity index (χ4n) is 2.77. The van der Waals surface area contributed by atoms with Crippen molar-refractivity contribution in [3.63, 3.8) is 0 Å². The van der Waals surface area contributed by atoms with Gasteiger partial charge in [-0.3, -0.25) is 4.79 Å². The molecule has 0 spiro atoms. The lowest BCUT2D eigenvalue weighted by Crippen LogP contribution is -1.97. The molecular weight excluding hydrogens is 246 g/mol. The fraction of sp³-hybridized carbons (Fsp3) is 0.500. The van der Waals surface area contributed by atoms with E-state index in [0.717, 1.165) is 29.3 Å². The number of Topliss-reactive ketones (excluding diaryl/α,β-unsaturated/α-hetero) is 1. The average molecular weight is 271 g/mol. The molecule has 0 unspecified atom stereocenters. The Labute approximate surface area is 121 Å². The predicted molar refractivity (Wildman–Crippen MR) is 85.4 cm³/mol. The smallest absolute Gasteiger partial charge is 0.165 e. The number of hydrogen-bond donors (Lipinski definition) is 1. The minimum atomic E-state index is 0.279. The van der Waals surface area contributed by atoms with E-state index < -0.39 is 0 Å². The number of carbonyl (C=O) groups is 1. The van der Waals surface area contributed by atoms with Crippen LogP contribution in [-0.2, 0) is 6.42 Å². The normalized spacial score (nSPS) is 11.1. The number of hydrogen-bond acceptors (Lipinski definition) is 1. The Hall–Kier alpha value is -1.57. The van der Waals surface area contributed by atoms with Crippen molar-refractivity contribution in [2.75, 3.05) is 0 Å². The van der Waals surface area contributed by atoms with Crippen LogP contribution in [0.25, 0.3) is 10.9 Å². The molecule has 0 aliphatic heterocycles. The molecule has 1 aromatic carbocycles. The van der Waals surface area contributed by atoms with Crippen LogP contribution in [0, 0.1) is 0 Å². The summed E-state index contributed by atoms with van der Waals surface area (Å²) in [4.78, 5) is 15.6. The molecule has 2 aromatic rings. The van der Waals surface area contributed by atoms with Gasteiger partial charge >= 0.3 is 0 Å². The van der Waals surface area contributed by atoms with Gasteiger partial charge in [0.2, 0.25) is 0 Å². The lowest BCUT2D eigenvalue weighted by atomic mass is 10.0. The number of aromatic amines is 1. The molecule has 108 valence electrons. The summed E-state index contributed by atoms with van der Waals surface area (Å²) in [5.74, 6) is 0.279. The van der Waals surface area contributed by atoms with E-state index in [1.165, 1.54) is 31.2 Å². The molecule has 2 heteroatoms. The van der Waals surface area contributed by atoms with Gasteiger partial charge < -0.3 is 4.98 Å². The predicted octanol–water partition coefficient (Wildman–Crippen LogP) is 5.27. The van der Waals surface area contributed by atoms with Crippen LogP contribution in [0.1, 0.15) is 68.3 Å². The summed E-state index contributed by atoms with van der Waals surface area (Å²) in [5, 5.41) is 1.09. The van der Waals surface area contributed by atoms with Crippen molar-refractivity contribution in [1.29, 1.82) is 0 Å². The molecule has 0 aliphatic rings. The maximum absolute atomic E-state index is 12.3. The van der Waals surface area contributed by atoms with Gasteiger partial charge in [-0.15, -0.1) is 0 Å². The number of fused-ring (bicyclic) bond motifs is 1. The quantitative estimate of drug-likeness (QED) is 0.514. The summed E-state index contributed by atoms with van der Waals surface area (Å²) in [7, 11) is 0. The highest BCUT2D eigenvalue weighted by Crippen LogP contribution is 2.23. The number of benzene rings is 1. The maximum atomic E-state index is 12.3. The molecule has 0 atom stereocenters. The lowest BCUT2D eigenvalue weighted by molar-refractivity contribution is 0.0980. The summed E-state index contributed by atoms with van der Waals surface area (Å²) in [6.07, 6.45) is 9.50. The molecule has 0 fully saturated rings. The number of aryl methyl sites for hydroxylation is 1. The minimum absolute atomic E-state index is 0.279. The van der Waals surface area contributed by atoms with Crippen LogP contribution in [0.15, 0.2) is 24.4 Å². The molecular formula is C18H25NO. The maximum Gasteiger partial charge on any atom is 0.165 e. The minimum Gasteiger partial charge on any atom is -0.360 e. The van der Waals surface area contributed by atoms with Gasteiger partial charge in [0.25, 0.3) is 0 Å². The van der Waals surface area contributed by atoms with E-state index in [1.54, 1.807) is 0 Å². The first-order valence-electron chi connectivity index (χ1n) is 7.90. The monoisotopic (exact) mass is 271 g/mol. The van der Waals surface area contributed by atoms with Crippen molar-refractivity contribution in [2.45, 2.75) is 58.8 Å². The van der Waals surface area contributed by atoms with Crippen molar-refractivity contribution < 1.29 is 4.79 Å². The summed E-state index contributed by atoms with van der Waals surface area (Å²) in [5.41, 5.74) is 3.28. The third-order valence-electron chi connectivity index (χ3n) is 3.99. The van der Waals surface area contributed by atoms with Crippen molar-refractivity contribution >= 4 is 16.7 Å². The molecule has 2 nitrogen and oxygen atoms in total. The summed E-state index contributed by atoms with van der Waals surface area (Å²) in [6.45, 7) is 4.35. The highest BCUT2D eigenvalue weighted by Gasteiger charge is 2.12. The second-order valence-electron chi connectivity index (χ2n) is 5.48. The van der Waals surface area contributed by atoms with Crippen molar-refractivity contribution in [3.05, 3.63) is 35.5 Å². The Kier molecular flexibility index (Phi) is 5.40. The molecule has 1 aromatic heterocycles. The Morgan fingerprint density at radius 1 is 1.10 bits per heavy atom. The summed E-state index contributed by atoms with van der Waals surface area (Å²) >= 11 is 0. The Morgan fingerprint density at radius 2 is 1.90 bits per heavy atom. The summed E-state index contributed by atoms with van der Waals surface area (Å²) in [6, 6.07) is 6.22. The first-order valence-corrected chi connectivity index (χ1v) is 7.90. The van der Waals surface area contributed by atoms with Gasteiger partial charge in [-0.25, -0.2) is 0 Å². The second kappa shape index (κ2) is 7.28. The summed E-state index contributed by atoms with van der Waals surface area (Å²) < 4.78 is 0. The zero-order valence-corrected chi connectivity index (χ0v) is 12.7. The second-order valence-corrected chi connectivity index (χ2v) is 5.48. The van der Waals surface area contributed by atoms with Gasteiger partial charge in [0, 0.05) is 29.1 Å². The van der Waals surface area contributed by atoms with Gasteiger partial charge in [0.15, 0.2) is 5.78 Å². The first kappa shape index (κ1) is 14.8. The largest absolute Gasteiger partial charge is 0.360 e. The molecule has 2 rings (SSSR count). The number of ketones is 1. The topological polar surface area (TPSA) is 32.9 Å². The lowest BCUT2D eigenvalue weighted by Gasteiger charge is -2.02. The highest BCUT2D eigenvalue weighted by atomic mass is 16.1. The van der Waals surface area contributed by atoms with E-state index in [4.69, 9.17) is 0 Å². The van der Waals surface area contributed by atoms with Crippen molar-refractivity contribution in [1.82, 2.24) is 4.98 Å². The van der Waals surface area contributed by atoms with E-state index in [-0.39, 0.29) is 5.78 Å². The number of unbranched alkanes of at least 4 members (excludes halogenated alkanes) is 4. The van der Waals surface area contributed by atoms with Crippen LogP contribution < -0.4 is 0 Å². The van der Waals surface area contributed by atoms with Crippen LogP contribution in [0.3, 0.4) is 0 Å².